The summed E-state index contributed by atoms with van der Waals surface area (Å²) in [6.45, 7) is 0. The van der Waals surface area contributed by atoms with E-state index in [9.17, 15) is 9.59 Å². The molecular formula is C13H9BrClN3O3. The van der Waals surface area contributed by atoms with Gasteiger partial charge in [-0.3, -0.25) is 13.9 Å². The maximum atomic E-state index is 11.9. The van der Waals surface area contributed by atoms with Crippen LogP contribution in [0.2, 0.25) is 5.02 Å². The summed E-state index contributed by atoms with van der Waals surface area (Å²) in [4.78, 5) is 23.8. The van der Waals surface area contributed by atoms with Gasteiger partial charge in [-0.1, -0.05) is 11.6 Å². The van der Waals surface area contributed by atoms with E-state index < -0.39 is 11.2 Å². The van der Waals surface area contributed by atoms with Gasteiger partial charge < -0.3 is 4.74 Å². The van der Waals surface area contributed by atoms with E-state index in [1.54, 1.807) is 24.3 Å². The molecule has 0 unspecified atom stereocenters. The SMILES string of the molecule is Cn1c(Oc2ccc(Cl)cc2Br)c(C#N)c(=O)n(C)c1=O. The molecule has 0 radical (unpaired) electrons. The van der Waals surface area contributed by atoms with Gasteiger partial charge >= 0.3 is 5.69 Å². The quantitative estimate of drug-likeness (QED) is 0.812. The number of hydrogen-bond acceptors (Lipinski definition) is 4. The minimum absolute atomic E-state index is 0.117. The number of rotatable bonds is 2. The summed E-state index contributed by atoms with van der Waals surface area (Å²) >= 11 is 9.10. The van der Waals surface area contributed by atoms with E-state index in [0.29, 0.717) is 15.2 Å². The second kappa shape index (κ2) is 5.76. The molecule has 0 saturated heterocycles. The fourth-order valence-corrected chi connectivity index (χ4v) is 2.47. The molecule has 2 aromatic rings. The highest BCUT2D eigenvalue weighted by molar-refractivity contribution is 9.10. The molecule has 6 nitrogen and oxygen atoms in total. The number of nitriles is 1. The van der Waals surface area contributed by atoms with Crippen molar-refractivity contribution in [1.29, 1.82) is 5.26 Å². The van der Waals surface area contributed by atoms with E-state index in [1.807, 2.05) is 0 Å². The van der Waals surface area contributed by atoms with Crippen molar-refractivity contribution in [2.24, 2.45) is 14.1 Å². The standard InChI is InChI=1S/C13H9BrClN3O3/c1-17-11(19)8(6-16)12(18(2)13(17)20)21-10-4-3-7(15)5-9(10)14/h3-5H,1-2H3. The van der Waals surface area contributed by atoms with Gasteiger partial charge in [0.15, 0.2) is 5.56 Å². The van der Waals surface area contributed by atoms with Gasteiger partial charge in [-0.25, -0.2) is 4.79 Å². The molecule has 0 saturated carbocycles. The highest BCUT2D eigenvalue weighted by atomic mass is 79.9. The smallest absolute Gasteiger partial charge is 0.333 e. The molecule has 0 fully saturated rings. The molecule has 0 aliphatic rings. The number of hydrogen-bond donors (Lipinski definition) is 0. The molecule has 2 rings (SSSR count). The van der Waals surface area contributed by atoms with Crippen LogP contribution in [0.4, 0.5) is 0 Å². The van der Waals surface area contributed by atoms with E-state index in [0.717, 1.165) is 9.13 Å². The van der Waals surface area contributed by atoms with Crippen molar-refractivity contribution < 1.29 is 4.74 Å². The van der Waals surface area contributed by atoms with Crippen molar-refractivity contribution in [2.45, 2.75) is 0 Å². The first-order valence-electron chi connectivity index (χ1n) is 5.69. The first kappa shape index (κ1) is 15.4. The van der Waals surface area contributed by atoms with Crippen LogP contribution in [0.25, 0.3) is 0 Å². The van der Waals surface area contributed by atoms with E-state index >= 15 is 0 Å². The van der Waals surface area contributed by atoms with Gasteiger partial charge in [-0.05, 0) is 34.1 Å². The van der Waals surface area contributed by atoms with Gasteiger partial charge in [0, 0.05) is 19.1 Å². The van der Waals surface area contributed by atoms with E-state index in [1.165, 1.54) is 14.1 Å². The fraction of sp³-hybridized carbons (Fsp3) is 0.154. The number of aromatic nitrogens is 2. The molecule has 8 heteroatoms. The highest BCUT2D eigenvalue weighted by Crippen LogP contribution is 2.31. The summed E-state index contributed by atoms with van der Waals surface area (Å²) < 4.78 is 8.04. The van der Waals surface area contributed by atoms with Crippen LogP contribution < -0.4 is 16.0 Å². The van der Waals surface area contributed by atoms with Crippen LogP contribution in [-0.4, -0.2) is 9.13 Å². The molecular weight excluding hydrogens is 362 g/mol. The first-order chi connectivity index (χ1) is 9.86. The Morgan fingerprint density at radius 2 is 1.95 bits per heavy atom. The van der Waals surface area contributed by atoms with E-state index in [4.69, 9.17) is 21.6 Å². The lowest BCUT2D eigenvalue weighted by atomic mass is 10.3. The summed E-state index contributed by atoms with van der Waals surface area (Å²) in [6, 6.07) is 6.52. The van der Waals surface area contributed by atoms with Crippen molar-refractivity contribution in [3.05, 3.63) is 54.1 Å². The third kappa shape index (κ3) is 2.73. The average molecular weight is 371 g/mol. The van der Waals surface area contributed by atoms with Gasteiger partial charge in [0.2, 0.25) is 5.88 Å². The zero-order valence-electron chi connectivity index (χ0n) is 11.1. The highest BCUT2D eigenvalue weighted by Gasteiger charge is 2.18. The summed E-state index contributed by atoms with van der Waals surface area (Å²) in [7, 11) is 2.72. The predicted octanol–water partition coefficient (Wildman–Crippen LogP) is 2.16. The Balaban J connectivity index is 2.68. The first-order valence-corrected chi connectivity index (χ1v) is 6.87. The lowest BCUT2D eigenvalue weighted by molar-refractivity contribution is 0.419. The van der Waals surface area contributed by atoms with Crippen LogP contribution in [0.1, 0.15) is 5.56 Å². The Hall–Kier alpha value is -2.04. The maximum Gasteiger partial charge on any atom is 0.333 e. The predicted molar refractivity (Wildman–Crippen MR) is 80.9 cm³/mol. The molecule has 0 aliphatic carbocycles. The van der Waals surface area contributed by atoms with Crippen molar-refractivity contribution in [3.63, 3.8) is 0 Å². The maximum absolute atomic E-state index is 11.9. The molecule has 0 aliphatic heterocycles. The monoisotopic (exact) mass is 369 g/mol. The second-order valence-electron chi connectivity index (χ2n) is 4.17. The van der Waals surface area contributed by atoms with Gasteiger partial charge in [0.05, 0.1) is 4.47 Å². The van der Waals surface area contributed by atoms with E-state index in [2.05, 4.69) is 15.9 Å². The molecule has 21 heavy (non-hydrogen) atoms. The minimum Gasteiger partial charge on any atom is -0.438 e. The lowest BCUT2D eigenvalue weighted by Gasteiger charge is -2.13. The Morgan fingerprint density at radius 1 is 1.29 bits per heavy atom. The Bertz CT molecular complexity index is 880. The third-order valence-electron chi connectivity index (χ3n) is 2.82. The van der Waals surface area contributed by atoms with Gasteiger partial charge in [0.25, 0.3) is 5.56 Å². The fourth-order valence-electron chi connectivity index (χ4n) is 1.70. The number of halogens is 2. The molecule has 1 heterocycles. The Labute approximate surface area is 132 Å². The number of benzene rings is 1. The molecule has 0 N–H and O–H groups in total. The lowest BCUT2D eigenvalue weighted by Crippen LogP contribution is -2.38. The van der Waals surface area contributed by atoms with E-state index in [-0.39, 0.29) is 11.4 Å². The topological polar surface area (TPSA) is 77.0 Å². The number of nitrogens with zero attached hydrogens (tertiary/aromatic N) is 3. The molecule has 0 atom stereocenters. The molecule has 108 valence electrons. The molecule has 1 aromatic carbocycles. The summed E-state index contributed by atoms with van der Waals surface area (Å²) in [5.41, 5.74) is -1.54. The van der Waals surface area contributed by atoms with Crippen molar-refractivity contribution in [3.8, 4) is 17.7 Å². The zero-order chi connectivity index (χ0) is 15.7. The Morgan fingerprint density at radius 3 is 2.52 bits per heavy atom. The van der Waals surface area contributed by atoms with Crippen molar-refractivity contribution in [1.82, 2.24) is 9.13 Å². The third-order valence-corrected chi connectivity index (χ3v) is 3.68. The van der Waals surface area contributed by atoms with Gasteiger partial charge in [-0.15, -0.1) is 0 Å². The zero-order valence-corrected chi connectivity index (χ0v) is 13.4. The van der Waals surface area contributed by atoms with Gasteiger partial charge in [-0.2, -0.15) is 5.26 Å². The molecule has 1 aromatic heterocycles. The summed E-state index contributed by atoms with van der Waals surface area (Å²) in [6.07, 6.45) is 0. The van der Waals surface area contributed by atoms with Crippen LogP contribution in [0, 0.1) is 11.3 Å². The van der Waals surface area contributed by atoms with Crippen LogP contribution in [0.5, 0.6) is 11.6 Å². The second-order valence-corrected chi connectivity index (χ2v) is 5.47. The molecule has 0 amide bonds. The van der Waals surface area contributed by atoms with Crippen LogP contribution in [0.15, 0.2) is 32.3 Å². The van der Waals surface area contributed by atoms with Crippen LogP contribution in [0.3, 0.4) is 0 Å². The Kier molecular flexibility index (Phi) is 4.21. The van der Waals surface area contributed by atoms with Crippen molar-refractivity contribution >= 4 is 27.5 Å². The normalized spacial score (nSPS) is 10.2. The van der Waals surface area contributed by atoms with Crippen LogP contribution >= 0.6 is 27.5 Å². The van der Waals surface area contributed by atoms with Gasteiger partial charge in [0.1, 0.15) is 11.8 Å². The van der Waals surface area contributed by atoms with Crippen molar-refractivity contribution in [2.75, 3.05) is 0 Å². The van der Waals surface area contributed by atoms with Crippen LogP contribution in [-0.2, 0) is 14.1 Å². The average Bonchev–Trinajstić information content (AvgIpc) is 2.45. The summed E-state index contributed by atoms with van der Waals surface area (Å²) in [5.74, 6) is 0.216. The number of ether oxygens (including phenoxy) is 1. The summed E-state index contributed by atoms with van der Waals surface area (Å²) in [5, 5.41) is 9.63. The minimum atomic E-state index is -0.708. The molecule has 0 bridgehead atoms. The molecule has 0 spiro atoms. The largest absolute Gasteiger partial charge is 0.438 e.